The van der Waals surface area contributed by atoms with Gasteiger partial charge in [-0.2, -0.15) is 10.2 Å². The zero-order valence-corrected chi connectivity index (χ0v) is 19.7. The van der Waals surface area contributed by atoms with Crippen LogP contribution < -0.4 is 21.5 Å². The number of nitriles is 1. The molecule has 1 N–H and O–H groups in total. The van der Waals surface area contributed by atoms with Crippen molar-refractivity contribution in [3.8, 4) is 6.07 Å². The van der Waals surface area contributed by atoms with Crippen molar-refractivity contribution in [2.45, 2.75) is 19.0 Å². The first-order chi connectivity index (χ1) is 17.0. The molecule has 1 aromatic carbocycles. The van der Waals surface area contributed by atoms with Gasteiger partial charge in [0.05, 0.1) is 17.8 Å². The van der Waals surface area contributed by atoms with E-state index in [0.29, 0.717) is 41.5 Å². The normalized spacial score (nSPS) is 15.9. The molecule has 1 aliphatic heterocycles. The molecule has 1 aliphatic rings. The van der Waals surface area contributed by atoms with Gasteiger partial charge in [0.25, 0.3) is 5.56 Å². The number of hydrogen-bond acceptors (Lipinski definition) is 7. The average Bonchev–Trinajstić information content (AvgIpc) is 3.26. The summed E-state index contributed by atoms with van der Waals surface area (Å²) in [6.07, 6.45) is 2.39. The minimum atomic E-state index is -0.419. The minimum absolute atomic E-state index is 0.208. The maximum atomic E-state index is 13.2. The fourth-order valence-corrected chi connectivity index (χ4v) is 4.61. The molecule has 4 heterocycles. The van der Waals surface area contributed by atoms with Crippen molar-refractivity contribution in [1.29, 1.82) is 5.26 Å². The summed E-state index contributed by atoms with van der Waals surface area (Å²) in [7, 11) is 3.10. The second-order valence-corrected chi connectivity index (χ2v) is 8.81. The molecule has 0 aliphatic carbocycles. The summed E-state index contributed by atoms with van der Waals surface area (Å²) in [6, 6.07) is 16.1. The molecule has 1 saturated heterocycles. The van der Waals surface area contributed by atoms with Crippen molar-refractivity contribution in [2.24, 2.45) is 14.1 Å². The number of fused-ring (bicyclic) bond motifs is 1. The molecule has 10 nitrogen and oxygen atoms in total. The quantitative estimate of drug-likeness (QED) is 0.458. The minimum Gasteiger partial charge on any atom is -0.339 e. The number of nitrogens with one attached hydrogen (secondary N) is 1. The van der Waals surface area contributed by atoms with Gasteiger partial charge in [-0.15, -0.1) is 0 Å². The molecule has 4 aromatic rings. The van der Waals surface area contributed by atoms with Gasteiger partial charge in [0, 0.05) is 46.0 Å². The molecular formula is C25H26N8O2. The Morgan fingerprint density at radius 1 is 1.11 bits per heavy atom. The van der Waals surface area contributed by atoms with Crippen LogP contribution in [0.15, 0.2) is 58.3 Å². The summed E-state index contributed by atoms with van der Waals surface area (Å²) < 4.78 is 4.36. The second kappa shape index (κ2) is 9.19. The van der Waals surface area contributed by atoms with Crippen molar-refractivity contribution in [3.05, 3.63) is 86.3 Å². The van der Waals surface area contributed by atoms with E-state index in [0.717, 1.165) is 17.5 Å². The molecule has 5 rings (SSSR count). The summed E-state index contributed by atoms with van der Waals surface area (Å²) in [5.41, 5.74) is 2.29. The predicted molar refractivity (Wildman–Crippen MR) is 132 cm³/mol. The number of nitrogens with zero attached hydrogens (tertiary/aromatic N) is 7. The first kappa shape index (κ1) is 22.6. The van der Waals surface area contributed by atoms with Gasteiger partial charge in [0.2, 0.25) is 5.95 Å². The smallest absolute Gasteiger partial charge is 0.332 e. The van der Waals surface area contributed by atoms with Crippen LogP contribution in [0.25, 0.3) is 11.2 Å². The van der Waals surface area contributed by atoms with Crippen LogP contribution in [0.2, 0.25) is 0 Å². The standard InChI is InChI=1S/C25H26N8O2/c1-30-22-21(23(34)31(2)25(30)35)33(16-19-9-8-18(13-26)14-28-19)24(29-22)32-11-10-27-20(15-32)12-17-6-4-3-5-7-17/h3-9,14,20,27H,10-12,15-16H2,1-2H3. The number of rotatable bonds is 5. The molecule has 0 amide bonds. The van der Waals surface area contributed by atoms with E-state index in [1.54, 1.807) is 19.2 Å². The molecule has 3 aromatic heterocycles. The van der Waals surface area contributed by atoms with Gasteiger partial charge in [0.15, 0.2) is 11.2 Å². The van der Waals surface area contributed by atoms with E-state index in [1.165, 1.54) is 23.4 Å². The van der Waals surface area contributed by atoms with E-state index in [1.807, 2.05) is 22.8 Å². The monoisotopic (exact) mass is 470 g/mol. The molecule has 0 radical (unpaired) electrons. The van der Waals surface area contributed by atoms with E-state index in [4.69, 9.17) is 10.2 Å². The predicted octanol–water partition coefficient (Wildman–Crippen LogP) is 0.770. The number of benzene rings is 1. The Morgan fingerprint density at radius 3 is 2.63 bits per heavy atom. The highest BCUT2D eigenvalue weighted by molar-refractivity contribution is 5.74. The summed E-state index contributed by atoms with van der Waals surface area (Å²) in [5.74, 6) is 0.629. The van der Waals surface area contributed by atoms with Crippen molar-refractivity contribution >= 4 is 17.1 Å². The number of hydrogen-bond donors (Lipinski definition) is 1. The van der Waals surface area contributed by atoms with Crippen molar-refractivity contribution in [1.82, 2.24) is 29.0 Å². The molecule has 1 fully saturated rings. The van der Waals surface area contributed by atoms with Gasteiger partial charge in [-0.25, -0.2) is 4.79 Å². The lowest BCUT2D eigenvalue weighted by Crippen LogP contribution is -2.52. The SMILES string of the molecule is Cn1c(=O)c2c(nc(N3CCNC(Cc4ccccc4)C3)n2Cc2ccc(C#N)cn2)n(C)c1=O. The zero-order valence-electron chi connectivity index (χ0n) is 19.7. The highest BCUT2D eigenvalue weighted by Crippen LogP contribution is 2.23. The van der Waals surface area contributed by atoms with Crippen LogP contribution in [-0.4, -0.2) is 49.3 Å². The average molecular weight is 471 g/mol. The first-order valence-electron chi connectivity index (χ1n) is 11.5. The van der Waals surface area contributed by atoms with Crippen LogP contribution in [0.5, 0.6) is 0 Å². The third-order valence-corrected chi connectivity index (χ3v) is 6.47. The fraction of sp³-hybridized carbons (Fsp3) is 0.320. The maximum absolute atomic E-state index is 13.2. The Bertz CT molecular complexity index is 1530. The Balaban J connectivity index is 1.58. The van der Waals surface area contributed by atoms with Crippen LogP contribution in [0.3, 0.4) is 0 Å². The topological polar surface area (TPSA) is 114 Å². The molecule has 0 saturated carbocycles. The van der Waals surface area contributed by atoms with Gasteiger partial charge in [-0.3, -0.25) is 23.5 Å². The summed E-state index contributed by atoms with van der Waals surface area (Å²) in [5, 5.41) is 12.7. The third kappa shape index (κ3) is 4.22. The van der Waals surface area contributed by atoms with Crippen LogP contribution in [0.1, 0.15) is 16.8 Å². The molecule has 0 spiro atoms. The molecule has 1 unspecified atom stereocenters. The fourth-order valence-electron chi connectivity index (χ4n) is 4.61. The van der Waals surface area contributed by atoms with Gasteiger partial charge in [-0.1, -0.05) is 30.3 Å². The Morgan fingerprint density at radius 2 is 1.91 bits per heavy atom. The first-order valence-corrected chi connectivity index (χ1v) is 11.5. The van der Waals surface area contributed by atoms with E-state index in [9.17, 15) is 9.59 Å². The van der Waals surface area contributed by atoms with E-state index >= 15 is 0 Å². The van der Waals surface area contributed by atoms with Crippen molar-refractivity contribution in [2.75, 3.05) is 24.5 Å². The number of piperazine rings is 1. The van der Waals surface area contributed by atoms with Gasteiger partial charge < -0.3 is 10.2 Å². The lowest BCUT2D eigenvalue weighted by molar-refractivity contribution is 0.447. The highest BCUT2D eigenvalue weighted by atomic mass is 16.2. The summed E-state index contributed by atoms with van der Waals surface area (Å²) in [4.78, 5) is 37.2. The Labute approximate surface area is 201 Å². The van der Waals surface area contributed by atoms with E-state index in [-0.39, 0.29) is 12.6 Å². The maximum Gasteiger partial charge on any atom is 0.332 e. The van der Waals surface area contributed by atoms with E-state index in [2.05, 4.69) is 33.4 Å². The van der Waals surface area contributed by atoms with Gasteiger partial charge in [0.1, 0.15) is 6.07 Å². The lowest BCUT2D eigenvalue weighted by atomic mass is 10.0. The lowest BCUT2D eigenvalue weighted by Gasteiger charge is -2.34. The summed E-state index contributed by atoms with van der Waals surface area (Å²) in [6.45, 7) is 2.47. The number of imidazole rings is 1. The number of anilines is 1. The number of pyridine rings is 1. The van der Waals surface area contributed by atoms with Crippen LogP contribution in [0.4, 0.5) is 5.95 Å². The Hall–Kier alpha value is -4.23. The van der Waals surface area contributed by atoms with Crippen molar-refractivity contribution in [3.63, 3.8) is 0 Å². The third-order valence-electron chi connectivity index (χ3n) is 6.47. The van der Waals surface area contributed by atoms with Crippen LogP contribution >= 0.6 is 0 Å². The molecule has 1 atom stereocenters. The Kier molecular flexibility index (Phi) is 5.93. The van der Waals surface area contributed by atoms with Gasteiger partial charge in [-0.05, 0) is 24.1 Å². The number of aromatic nitrogens is 5. The molecule has 10 heteroatoms. The van der Waals surface area contributed by atoms with Crippen LogP contribution in [-0.2, 0) is 27.1 Å². The largest absolute Gasteiger partial charge is 0.339 e. The molecular weight excluding hydrogens is 444 g/mol. The van der Waals surface area contributed by atoms with E-state index < -0.39 is 11.2 Å². The van der Waals surface area contributed by atoms with Gasteiger partial charge >= 0.3 is 5.69 Å². The molecule has 0 bridgehead atoms. The summed E-state index contributed by atoms with van der Waals surface area (Å²) >= 11 is 0. The highest BCUT2D eigenvalue weighted by Gasteiger charge is 2.27. The number of aryl methyl sites for hydroxylation is 1. The molecule has 35 heavy (non-hydrogen) atoms. The van der Waals surface area contributed by atoms with Crippen LogP contribution in [0, 0.1) is 11.3 Å². The molecule has 178 valence electrons. The second-order valence-electron chi connectivity index (χ2n) is 8.81. The zero-order chi connectivity index (χ0) is 24.5. The van der Waals surface area contributed by atoms with Crippen molar-refractivity contribution < 1.29 is 0 Å².